The van der Waals surface area contributed by atoms with Gasteiger partial charge in [0.05, 0.1) is 6.01 Å². The average molecular weight is 159 g/mol. The molecule has 0 aliphatic carbocycles. The van der Waals surface area contributed by atoms with E-state index in [4.69, 9.17) is 23.8 Å². The summed E-state index contributed by atoms with van der Waals surface area (Å²) in [6.07, 6.45) is 0. The van der Waals surface area contributed by atoms with Gasteiger partial charge in [0.2, 0.25) is 0 Å². The van der Waals surface area contributed by atoms with Crippen LogP contribution in [0.15, 0.2) is 0 Å². The zero-order chi connectivity index (χ0) is 7.21. The first-order valence-electron chi connectivity index (χ1n) is 1.17. The maximum atomic E-state index is 8.95. The molecule has 0 spiro atoms. The highest BCUT2D eigenvalue weighted by Crippen LogP contribution is 1.82. The largest absolute Gasteiger partial charge is 0.353 e. The predicted octanol–water partition coefficient (Wildman–Crippen LogP) is 0.346. The van der Waals surface area contributed by atoms with Crippen LogP contribution in [-0.4, -0.2) is 19.0 Å². The van der Waals surface area contributed by atoms with E-state index in [1.54, 1.807) is 0 Å². The van der Waals surface area contributed by atoms with Crippen molar-refractivity contribution in [1.29, 1.82) is 10.8 Å². The van der Waals surface area contributed by atoms with Crippen molar-refractivity contribution in [3.63, 3.8) is 0 Å². The molecule has 0 aromatic rings. The highest BCUT2D eigenvalue weighted by molar-refractivity contribution is 8.09. The van der Waals surface area contributed by atoms with Crippen molar-refractivity contribution >= 4 is 26.0 Å². The van der Waals surface area contributed by atoms with Crippen LogP contribution >= 0.6 is 10.7 Å². The summed E-state index contributed by atoms with van der Waals surface area (Å²) in [5, 5.41) is 11.2. The van der Waals surface area contributed by atoms with Crippen molar-refractivity contribution in [3.05, 3.63) is 0 Å². The lowest BCUT2D eigenvalue weighted by molar-refractivity contribution is 0.501. The first-order chi connectivity index (χ1) is 3.41. The number of hydrogen-bond acceptors (Lipinski definition) is 4. The second kappa shape index (κ2) is 4.73. The van der Waals surface area contributed by atoms with Crippen LogP contribution in [0.4, 0.5) is 0 Å². The molecule has 0 bridgehead atoms. The van der Waals surface area contributed by atoms with Crippen molar-refractivity contribution in [2.45, 2.75) is 0 Å². The van der Waals surface area contributed by atoms with E-state index >= 15 is 0 Å². The smallest absolute Gasteiger partial charge is 0.273 e. The maximum Gasteiger partial charge on any atom is 0.353 e. The number of hydrogen-bond donors (Lipinski definition) is 3. The fourth-order valence-electron chi connectivity index (χ4n) is 0. The molecule has 0 aliphatic heterocycles. The van der Waals surface area contributed by atoms with Gasteiger partial charge < -0.3 is 0 Å². The standard InChI is InChI=1S/CH2N2.ClHO3S/c2-1-3;1-5(2,3)4/h2-3H;(H,2,3,4). The van der Waals surface area contributed by atoms with Crippen LogP contribution in [0.25, 0.3) is 0 Å². The Kier molecular flexibility index (Phi) is 6.23. The summed E-state index contributed by atoms with van der Waals surface area (Å²) in [4.78, 5) is 0. The molecule has 0 saturated heterocycles. The van der Waals surface area contributed by atoms with Gasteiger partial charge in [-0.1, -0.05) is 0 Å². The summed E-state index contributed by atoms with van der Waals surface area (Å²) in [5.41, 5.74) is 0. The average Bonchev–Trinajstić information content (AvgIpc) is 1.27. The van der Waals surface area contributed by atoms with Crippen LogP contribution in [0.3, 0.4) is 0 Å². The molecule has 5 nitrogen and oxygen atoms in total. The zero-order valence-electron chi connectivity index (χ0n) is 3.55. The van der Waals surface area contributed by atoms with Gasteiger partial charge >= 0.3 is 9.33 Å². The lowest BCUT2D eigenvalue weighted by Crippen LogP contribution is -1.77. The Labute approximate surface area is 50.6 Å². The normalized spacial score (nSPS) is 8.25. The number of nitrogens with one attached hydrogen (secondary N) is 2. The Morgan fingerprint density at radius 1 is 1.50 bits per heavy atom. The van der Waals surface area contributed by atoms with Crippen molar-refractivity contribution < 1.29 is 13.0 Å². The number of halogens is 1. The third kappa shape index (κ3) is 664. The Balaban J connectivity index is 0. The molecule has 0 unspecified atom stereocenters. The predicted molar refractivity (Wildman–Crippen MR) is 27.8 cm³/mol. The van der Waals surface area contributed by atoms with Crippen molar-refractivity contribution in [3.8, 4) is 0 Å². The van der Waals surface area contributed by atoms with E-state index < -0.39 is 9.33 Å². The Morgan fingerprint density at radius 2 is 1.50 bits per heavy atom. The molecule has 0 amide bonds. The van der Waals surface area contributed by atoms with Gasteiger partial charge in [-0.25, -0.2) is 10.8 Å². The van der Waals surface area contributed by atoms with Gasteiger partial charge in [0, 0.05) is 10.7 Å². The molecule has 0 heterocycles. The topological polar surface area (TPSA) is 102 Å². The second-order valence-electron chi connectivity index (χ2n) is 0.537. The molecule has 0 radical (unpaired) electrons. The lowest BCUT2D eigenvalue weighted by atomic mass is 11.6. The summed E-state index contributed by atoms with van der Waals surface area (Å²) in [7, 11) is -0.137. The van der Waals surface area contributed by atoms with Crippen LogP contribution in [-0.2, 0) is 9.33 Å². The molecule has 0 aromatic heterocycles. The highest BCUT2D eigenvalue weighted by Gasteiger charge is 1.86. The van der Waals surface area contributed by atoms with Crippen LogP contribution in [0, 0.1) is 10.8 Å². The third-order valence-corrected chi connectivity index (χ3v) is 0. The minimum Gasteiger partial charge on any atom is -0.273 e. The van der Waals surface area contributed by atoms with E-state index in [0.29, 0.717) is 0 Å². The van der Waals surface area contributed by atoms with Gasteiger partial charge in [-0.15, -0.1) is 0 Å². The molecule has 48 valence electrons. The second-order valence-corrected chi connectivity index (χ2v) is 2.53. The summed E-state index contributed by atoms with van der Waals surface area (Å²) < 4.78 is 25.2. The molecule has 0 rings (SSSR count). The van der Waals surface area contributed by atoms with E-state index in [1.807, 2.05) is 0 Å². The van der Waals surface area contributed by atoms with E-state index in [0.717, 1.165) is 0 Å². The molecular weight excluding hydrogens is 156 g/mol. The molecule has 0 saturated carbocycles. The van der Waals surface area contributed by atoms with Crippen molar-refractivity contribution in [2.24, 2.45) is 0 Å². The first-order valence-corrected chi connectivity index (χ1v) is 3.44. The van der Waals surface area contributed by atoms with Gasteiger partial charge in [0.25, 0.3) is 0 Å². The van der Waals surface area contributed by atoms with Gasteiger partial charge in [0.1, 0.15) is 0 Å². The minimum atomic E-state index is -4.19. The van der Waals surface area contributed by atoms with Crippen molar-refractivity contribution in [2.75, 3.05) is 0 Å². The summed E-state index contributed by atoms with van der Waals surface area (Å²) >= 11 is 0. The highest BCUT2D eigenvalue weighted by atomic mass is 35.7. The van der Waals surface area contributed by atoms with E-state index in [-0.39, 0.29) is 0 Å². The summed E-state index contributed by atoms with van der Waals surface area (Å²) in [6, 6.07) is 1.25. The van der Waals surface area contributed by atoms with Gasteiger partial charge in [-0.05, 0) is 0 Å². The van der Waals surface area contributed by atoms with Crippen molar-refractivity contribution in [1.82, 2.24) is 0 Å². The SMILES string of the molecule is N=C=N.O=S(=O)(O)Cl. The fourth-order valence-corrected chi connectivity index (χ4v) is 0. The minimum absolute atomic E-state index is 1.25. The monoisotopic (exact) mass is 158 g/mol. The molecule has 7 heteroatoms. The Morgan fingerprint density at radius 3 is 1.50 bits per heavy atom. The Bertz CT molecular complexity index is 158. The van der Waals surface area contributed by atoms with E-state index in [2.05, 4.69) is 10.7 Å². The molecule has 0 aromatic carbocycles. The Hall–Kier alpha value is -0.420. The molecule has 3 N–H and O–H groups in total. The summed E-state index contributed by atoms with van der Waals surface area (Å²) in [5.74, 6) is 0. The van der Waals surface area contributed by atoms with Crippen LogP contribution in [0.1, 0.15) is 0 Å². The number of rotatable bonds is 0. The first kappa shape index (κ1) is 10.5. The molecule has 0 fully saturated rings. The molecular formula is CH3ClN2O3S. The van der Waals surface area contributed by atoms with Crippen LogP contribution in [0.5, 0.6) is 0 Å². The summed E-state index contributed by atoms with van der Waals surface area (Å²) in [6.45, 7) is 0. The maximum absolute atomic E-state index is 8.95. The molecule has 8 heavy (non-hydrogen) atoms. The molecule has 0 aliphatic rings. The quantitative estimate of drug-likeness (QED) is 0.269. The lowest BCUT2D eigenvalue weighted by Gasteiger charge is -1.65. The zero-order valence-corrected chi connectivity index (χ0v) is 5.12. The van der Waals surface area contributed by atoms with Crippen LogP contribution < -0.4 is 0 Å². The van der Waals surface area contributed by atoms with Gasteiger partial charge in [-0.2, -0.15) is 8.42 Å². The van der Waals surface area contributed by atoms with E-state index in [1.165, 1.54) is 6.01 Å². The molecule has 0 atom stereocenters. The van der Waals surface area contributed by atoms with E-state index in [9.17, 15) is 0 Å². The fraction of sp³-hybridized carbons (Fsp3) is 0. The van der Waals surface area contributed by atoms with Gasteiger partial charge in [-0.3, -0.25) is 4.55 Å². The third-order valence-electron chi connectivity index (χ3n) is 0. The van der Waals surface area contributed by atoms with Gasteiger partial charge in [0.15, 0.2) is 0 Å². The van der Waals surface area contributed by atoms with Crippen LogP contribution in [0.2, 0.25) is 0 Å².